The van der Waals surface area contributed by atoms with Crippen LogP contribution in [0.4, 0.5) is 4.39 Å². The largest absolute Gasteiger partial charge is 0.352 e. The molecule has 0 atom stereocenters. The number of carbonyl (C=O) groups excluding carboxylic acids is 1. The molecule has 1 amide bonds. The Morgan fingerprint density at radius 1 is 1.16 bits per heavy atom. The van der Waals surface area contributed by atoms with Gasteiger partial charge in [-0.15, -0.1) is 5.10 Å². The maximum atomic E-state index is 13.6. The zero-order valence-corrected chi connectivity index (χ0v) is 17.5. The number of amides is 1. The predicted molar refractivity (Wildman–Crippen MR) is 117 cm³/mol. The molecule has 0 radical (unpaired) electrons. The normalized spacial score (nSPS) is 14.4. The molecule has 32 heavy (non-hydrogen) atoms. The number of aryl methyl sites for hydroxylation is 1. The fourth-order valence-corrected chi connectivity index (χ4v) is 4.38. The smallest absolute Gasteiger partial charge is 0.349 e. The third kappa shape index (κ3) is 3.39. The Bertz CT molecular complexity index is 1480. The molecule has 2 aromatic carbocycles. The Morgan fingerprint density at radius 3 is 2.69 bits per heavy atom. The van der Waals surface area contributed by atoms with Gasteiger partial charge in [-0.05, 0) is 48.7 Å². The topological polar surface area (TPSA) is 90.4 Å². The van der Waals surface area contributed by atoms with Crippen molar-refractivity contribution in [2.75, 3.05) is 0 Å². The average Bonchev–Trinajstić information content (AvgIpc) is 3.40. The van der Waals surface area contributed by atoms with Crippen LogP contribution in [0.15, 0.2) is 52.1 Å². The van der Waals surface area contributed by atoms with Crippen LogP contribution < -0.4 is 16.6 Å². The number of nitrogens with zero attached hydrogens (tertiary/aromatic N) is 4. The number of nitrogens with one attached hydrogen (secondary N) is 1. The summed E-state index contributed by atoms with van der Waals surface area (Å²) < 4.78 is 17.4. The first-order chi connectivity index (χ1) is 15.4. The van der Waals surface area contributed by atoms with Crippen molar-refractivity contribution in [3.8, 4) is 0 Å². The summed E-state index contributed by atoms with van der Waals surface area (Å²) in [5.74, 6) is -0.486. The minimum atomic E-state index is -0.474. The molecule has 0 unspecified atom stereocenters. The van der Waals surface area contributed by atoms with Crippen LogP contribution in [0.5, 0.6) is 0 Å². The van der Waals surface area contributed by atoms with Gasteiger partial charge < -0.3 is 5.32 Å². The summed E-state index contributed by atoms with van der Waals surface area (Å²) in [6.07, 6.45) is 4.10. The van der Waals surface area contributed by atoms with E-state index in [9.17, 15) is 18.8 Å². The number of aromatic nitrogens is 4. The average molecular weight is 435 g/mol. The highest BCUT2D eigenvalue weighted by molar-refractivity contribution is 5.98. The number of rotatable bonds is 4. The second kappa shape index (κ2) is 7.74. The molecule has 0 aliphatic heterocycles. The van der Waals surface area contributed by atoms with E-state index >= 15 is 0 Å². The van der Waals surface area contributed by atoms with Gasteiger partial charge in [0.15, 0.2) is 0 Å². The third-order valence-electron chi connectivity index (χ3n) is 6.07. The standard InChI is InChI=1S/C23H22FN5O3/c1-27-21(31)18-10-9-15(20(30)25-17-7-2-3-8-17)12-19(18)29-22(27)26-28(23(29)32)13-14-5-4-6-16(24)11-14/h4-6,9-12,17H,2-3,7-8,13H2,1H3,(H,25,30). The lowest BCUT2D eigenvalue weighted by molar-refractivity contribution is 0.0938. The van der Waals surface area contributed by atoms with E-state index in [2.05, 4.69) is 10.4 Å². The summed E-state index contributed by atoms with van der Waals surface area (Å²) in [7, 11) is 1.54. The van der Waals surface area contributed by atoms with E-state index in [0.29, 0.717) is 22.0 Å². The van der Waals surface area contributed by atoms with E-state index in [1.807, 2.05) is 0 Å². The summed E-state index contributed by atoms with van der Waals surface area (Å²) in [5, 5.41) is 7.65. The van der Waals surface area contributed by atoms with Crippen LogP contribution in [-0.2, 0) is 13.6 Å². The van der Waals surface area contributed by atoms with Crippen LogP contribution >= 0.6 is 0 Å². The van der Waals surface area contributed by atoms with Crippen molar-refractivity contribution in [2.24, 2.45) is 7.05 Å². The van der Waals surface area contributed by atoms with Crippen molar-refractivity contribution in [1.29, 1.82) is 0 Å². The van der Waals surface area contributed by atoms with E-state index in [1.165, 1.54) is 32.8 Å². The van der Waals surface area contributed by atoms with Crippen LogP contribution in [0.3, 0.4) is 0 Å². The van der Waals surface area contributed by atoms with Gasteiger partial charge in [0.05, 0.1) is 17.4 Å². The maximum absolute atomic E-state index is 13.6. The van der Waals surface area contributed by atoms with Gasteiger partial charge in [-0.3, -0.25) is 14.2 Å². The van der Waals surface area contributed by atoms with E-state index in [1.54, 1.807) is 30.3 Å². The van der Waals surface area contributed by atoms with Crippen molar-refractivity contribution < 1.29 is 9.18 Å². The Morgan fingerprint density at radius 2 is 1.94 bits per heavy atom. The minimum absolute atomic E-state index is 0.0514. The first kappa shape index (κ1) is 20.2. The monoisotopic (exact) mass is 435 g/mol. The number of fused-ring (bicyclic) bond motifs is 3. The lowest BCUT2D eigenvalue weighted by Crippen LogP contribution is -2.32. The first-order valence-corrected chi connectivity index (χ1v) is 10.6. The molecule has 8 nitrogen and oxygen atoms in total. The van der Waals surface area contributed by atoms with Gasteiger partial charge in [0.2, 0.25) is 5.78 Å². The predicted octanol–water partition coefficient (Wildman–Crippen LogP) is 2.21. The molecule has 1 saturated carbocycles. The van der Waals surface area contributed by atoms with E-state index < -0.39 is 11.5 Å². The Kier molecular flexibility index (Phi) is 4.88. The van der Waals surface area contributed by atoms with Crippen LogP contribution in [0.2, 0.25) is 0 Å². The van der Waals surface area contributed by atoms with Crippen LogP contribution in [0.1, 0.15) is 41.6 Å². The van der Waals surface area contributed by atoms with Gasteiger partial charge in [-0.1, -0.05) is 25.0 Å². The van der Waals surface area contributed by atoms with Gasteiger partial charge in [-0.25, -0.2) is 18.3 Å². The SMILES string of the molecule is Cn1c(=O)c2ccc(C(=O)NC3CCCC3)cc2n2c(=O)n(Cc3cccc(F)c3)nc12. The highest BCUT2D eigenvalue weighted by Gasteiger charge is 2.20. The zero-order chi connectivity index (χ0) is 22.4. The first-order valence-electron chi connectivity index (χ1n) is 10.6. The van der Waals surface area contributed by atoms with Crippen molar-refractivity contribution in [1.82, 2.24) is 24.1 Å². The molecule has 0 spiro atoms. The molecule has 164 valence electrons. The molecule has 2 heterocycles. The number of hydrogen-bond donors (Lipinski definition) is 1. The van der Waals surface area contributed by atoms with Gasteiger partial charge in [0.1, 0.15) is 5.82 Å². The fourth-order valence-electron chi connectivity index (χ4n) is 4.38. The lowest BCUT2D eigenvalue weighted by atomic mass is 10.1. The molecule has 4 aromatic rings. The van der Waals surface area contributed by atoms with Crippen molar-refractivity contribution in [2.45, 2.75) is 38.3 Å². The fraction of sp³-hybridized carbons (Fsp3) is 0.304. The van der Waals surface area contributed by atoms with Crippen molar-refractivity contribution in [3.05, 3.63) is 80.2 Å². The van der Waals surface area contributed by atoms with Gasteiger partial charge in [-0.2, -0.15) is 0 Å². The maximum Gasteiger partial charge on any atom is 0.352 e. The molecule has 1 fully saturated rings. The van der Waals surface area contributed by atoms with Crippen molar-refractivity contribution >= 4 is 22.6 Å². The highest BCUT2D eigenvalue weighted by atomic mass is 19.1. The lowest BCUT2D eigenvalue weighted by Gasteiger charge is -2.12. The third-order valence-corrected chi connectivity index (χ3v) is 6.07. The van der Waals surface area contributed by atoms with E-state index in [0.717, 1.165) is 25.7 Å². The Labute approximate surface area is 181 Å². The van der Waals surface area contributed by atoms with E-state index in [4.69, 9.17) is 0 Å². The molecule has 0 bridgehead atoms. The summed E-state index contributed by atoms with van der Waals surface area (Å²) in [5.41, 5.74) is 0.471. The van der Waals surface area contributed by atoms with Crippen LogP contribution in [0, 0.1) is 5.82 Å². The molecule has 0 saturated heterocycles. The van der Waals surface area contributed by atoms with E-state index in [-0.39, 0.29) is 29.8 Å². The number of benzene rings is 2. The molecule has 1 aliphatic rings. The second-order valence-corrected chi connectivity index (χ2v) is 8.26. The second-order valence-electron chi connectivity index (χ2n) is 8.26. The number of halogens is 1. The summed E-state index contributed by atoms with van der Waals surface area (Å²) in [6.45, 7) is 0.0514. The quantitative estimate of drug-likeness (QED) is 0.532. The summed E-state index contributed by atoms with van der Waals surface area (Å²) in [6, 6.07) is 10.8. The summed E-state index contributed by atoms with van der Waals surface area (Å²) >= 11 is 0. The molecule has 5 rings (SSSR count). The van der Waals surface area contributed by atoms with Gasteiger partial charge in [0, 0.05) is 18.7 Å². The Balaban J connectivity index is 1.64. The molecule has 1 N–H and O–H groups in total. The molecular weight excluding hydrogens is 413 g/mol. The van der Waals surface area contributed by atoms with Gasteiger partial charge >= 0.3 is 5.69 Å². The highest BCUT2D eigenvalue weighted by Crippen LogP contribution is 2.19. The minimum Gasteiger partial charge on any atom is -0.349 e. The number of hydrogen-bond acceptors (Lipinski definition) is 4. The molecular formula is C23H22FN5O3. The molecule has 2 aromatic heterocycles. The molecule has 9 heteroatoms. The Hall–Kier alpha value is -3.75. The van der Waals surface area contributed by atoms with Crippen molar-refractivity contribution in [3.63, 3.8) is 0 Å². The van der Waals surface area contributed by atoms with Crippen LogP contribution in [-0.4, -0.2) is 30.7 Å². The molecule has 1 aliphatic carbocycles. The zero-order valence-electron chi connectivity index (χ0n) is 17.5. The summed E-state index contributed by atoms with van der Waals surface area (Å²) in [4.78, 5) is 38.8. The van der Waals surface area contributed by atoms with Gasteiger partial charge in [0.25, 0.3) is 11.5 Å². The number of carbonyl (C=O) groups is 1. The van der Waals surface area contributed by atoms with Crippen LogP contribution in [0.25, 0.3) is 16.7 Å².